The Morgan fingerprint density at radius 3 is 1.24 bits per heavy atom. The summed E-state index contributed by atoms with van der Waals surface area (Å²) in [5, 5.41) is 0. The summed E-state index contributed by atoms with van der Waals surface area (Å²) < 4.78 is 70.9. The second-order valence-electron chi connectivity index (χ2n) is 16.2. The Labute approximate surface area is 394 Å². The summed E-state index contributed by atoms with van der Waals surface area (Å²) >= 11 is 0. The van der Waals surface area contributed by atoms with Crippen LogP contribution in [0.4, 0.5) is 42.2 Å². The molecule has 67 heavy (non-hydrogen) atoms. The van der Waals surface area contributed by atoms with E-state index in [4.69, 9.17) is 9.47 Å². The fourth-order valence-electron chi connectivity index (χ4n) is 7.78. The average molecular weight is 960 g/mol. The monoisotopic (exact) mass is 959 g/mol. The van der Waals surface area contributed by atoms with Gasteiger partial charge in [-0.15, -0.1) is 0 Å². The van der Waals surface area contributed by atoms with Crippen LogP contribution in [0.1, 0.15) is 61.8 Å². The molecule has 0 atom stereocenters. The standard InChI is InChI=1S/C54H60N3O2S.F6P/c1-5-7-35-55(36-8-6-2)47-27-21-43(22-28-47)19-25-45-41-54(59-4)46(42-53(45)58-3)26-20-44-23-29-48(30-24-44)56-37-39-57(40-38-56)49-31-33-52(34-32-49)60(50-15-11-9-12-16-50)51-17-13-10-14-18-51;1-7(2,3,4,5)6/h9-34,41-42H,5-8,35-40H2,1-4H3;/q+1;-1/b25-19+,26-20+;. The second kappa shape index (κ2) is 22.3. The quantitative estimate of drug-likeness (QED) is 0.0370. The summed E-state index contributed by atoms with van der Waals surface area (Å²) in [5.74, 6) is 1.62. The van der Waals surface area contributed by atoms with Gasteiger partial charge in [0.05, 0.1) is 25.1 Å². The number of anilines is 3. The third-order valence-corrected chi connectivity index (χ3v) is 13.5. The molecule has 13 heteroatoms. The van der Waals surface area contributed by atoms with E-state index in [2.05, 4.69) is 198 Å². The van der Waals surface area contributed by atoms with E-state index >= 15 is 0 Å². The SMILES string of the molecule is CCCCN(CCCC)c1ccc(/C=C/c2cc(OC)c(/C=C/c3ccc(N4CCN(c5ccc([S+](c6ccccc6)c6ccccc6)cc5)CC4)cc3)cc2OC)cc1.F[P-](F)(F)(F)(F)F. The number of nitrogens with zero attached hydrogens (tertiary/aromatic N) is 3. The van der Waals surface area contributed by atoms with Crippen molar-refractivity contribution < 1.29 is 34.7 Å². The molecule has 6 aromatic rings. The molecule has 0 aromatic heterocycles. The molecule has 6 aromatic carbocycles. The number of unbranched alkanes of at least 4 members (excludes halogenated alkanes) is 2. The first-order valence-corrected chi connectivity index (χ1v) is 25.8. The minimum atomic E-state index is -10.7. The molecule has 1 aliphatic rings. The number of methoxy groups -OCH3 is 2. The summed E-state index contributed by atoms with van der Waals surface area (Å²) in [6, 6.07) is 52.9. The normalized spacial score (nSPS) is 14.1. The number of piperazine rings is 1. The van der Waals surface area contributed by atoms with E-state index in [0.717, 1.165) is 73.0 Å². The van der Waals surface area contributed by atoms with E-state index in [1.165, 1.54) is 57.4 Å². The molecule has 1 aliphatic heterocycles. The molecule has 0 saturated carbocycles. The predicted molar refractivity (Wildman–Crippen MR) is 272 cm³/mol. The van der Waals surface area contributed by atoms with Gasteiger partial charge in [0.25, 0.3) is 0 Å². The van der Waals surface area contributed by atoms with Crippen LogP contribution in [0.5, 0.6) is 11.5 Å². The Kier molecular flexibility index (Phi) is 16.8. The summed E-state index contributed by atoms with van der Waals surface area (Å²) in [5.41, 5.74) is 8.08. The van der Waals surface area contributed by atoms with E-state index in [9.17, 15) is 25.2 Å². The van der Waals surface area contributed by atoms with Crippen LogP contribution >= 0.6 is 7.81 Å². The topological polar surface area (TPSA) is 28.2 Å². The van der Waals surface area contributed by atoms with Gasteiger partial charge in [0.15, 0.2) is 14.7 Å². The summed E-state index contributed by atoms with van der Waals surface area (Å²) in [4.78, 5) is 11.5. The van der Waals surface area contributed by atoms with Gasteiger partial charge in [0.1, 0.15) is 11.5 Å². The third kappa shape index (κ3) is 16.2. The predicted octanol–water partition coefficient (Wildman–Crippen LogP) is 16.3. The molecule has 7 rings (SSSR count). The van der Waals surface area contributed by atoms with E-state index in [0.29, 0.717) is 0 Å². The van der Waals surface area contributed by atoms with Crippen LogP contribution in [0.15, 0.2) is 160 Å². The van der Waals surface area contributed by atoms with Gasteiger partial charge in [-0.2, -0.15) is 0 Å². The van der Waals surface area contributed by atoms with Gasteiger partial charge in [-0.25, -0.2) is 0 Å². The molecule has 0 aliphatic carbocycles. The molecule has 1 fully saturated rings. The van der Waals surface area contributed by atoms with Crippen molar-refractivity contribution in [3.63, 3.8) is 0 Å². The molecule has 0 radical (unpaired) electrons. The Balaban J connectivity index is 0.000000980. The summed E-state index contributed by atoms with van der Waals surface area (Å²) in [7, 11) is -7.34. The van der Waals surface area contributed by atoms with E-state index in [1.54, 1.807) is 14.2 Å². The van der Waals surface area contributed by atoms with E-state index in [-0.39, 0.29) is 10.9 Å². The number of ether oxygens (including phenoxy) is 2. The fourth-order valence-corrected chi connectivity index (χ4v) is 9.86. The van der Waals surface area contributed by atoms with Gasteiger partial charge in [-0.05, 0) is 109 Å². The van der Waals surface area contributed by atoms with Crippen molar-refractivity contribution in [1.29, 1.82) is 0 Å². The van der Waals surface area contributed by atoms with Crippen molar-refractivity contribution in [2.45, 2.75) is 54.2 Å². The minimum absolute atomic E-state index is 0.135. The average Bonchev–Trinajstić information content (AvgIpc) is 3.33. The van der Waals surface area contributed by atoms with Crippen LogP contribution in [-0.2, 0) is 10.9 Å². The van der Waals surface area contributed by atoms with Gasteiger partial charge >= 0.3 is 33.0 Å². The van der Waals surface area contributed by atoms with Gasteiger partial charge < -0.3 is 24.2 Å². The van der Waals surface area contributed by atoms with Crippen LogP contribution in [0.25, 0.3) is 24.3 Å². The zero-order valence-corrected chi connectivity index (χ0v) is 40.2. The zero-order valence-electron chi connectivity index (χ0n) is 38.5. The van der Waals surface area contributed by atoms with Crippen molar-refractivity contribution >= 4 is 60.1 Å². The Hall–Kier alpha value is -5.84. The molecular formula is C54H60F6N3O2PS. The number of hydrogen-bond donors (Lipinski definition) is 0. The van der Waals surface area contributed by atoms with Crippen molar-refractivity contribution in [2.24, 2.45) is 0 Å². The molecule has 356 valence electrons. The fraction of sp³-hybridized carbons (Fsp3) is 0.259. The molecule has 1 saturated heterocycles. The zero-order chi connectivity index (χ0) is 47.9. The van der Waals surface area contributed by atoms with Gasteiger partial charge in [0, 0.05) is 67.5 Å². The summed E-state index contributed by atoms with van der Waals surface area (Å²) in [6.07, 6.45) is 13.4. The molecule has 0 N–H and O–H groups in total. The first-order valence-electron chi connectivity index (χ1n) is 22.6. The number of benzene rings is 6. The van der Waals surface area contributed by atoms with Crippen molar-refractivity contribution in [2.75, 3.05) is 68.2 Å². The van der Waals surface area contributed by atoms with Crippen LogP contribution < -0.4 is 24.2 Å². The van der Waals surface area contributed by atoms with E-state index < -0.39 is 7.81 Å². The number of hydrogen-bond acceptors (Lipinski definition) is 5. The molecule has 5 nitrogen and oxygen atoms in total. The van der Waals surface area contributed by atoms with Crippen LogP contribution in [0.3, 0.4) is 0 Å². The first-order chi connectivity index (χ1) is 32.0. The second-order valence-corrected chi connectivity index (χ2v) is 20.2. The maximum atomic E-state index is 9.87. The van der Waals surface area contributed by atoms with Gasteiger partial charge in [0.2, 0.25) is 0 Å². The Morgan fingerprint density at radius 1 is 0.507 bits per heavy atom. The molecule has 0 amide bonds. The van der Waals surface area contributed by atoms with Crippen molar-refractivity contribution in [3.8, 4) is 11.5 Å². The molecule has 0 unspecified atom stereocenters. The third-order valence-electron chi connectivity index (χ3n) is 11.2. The number of halogens is 6. The van der Waals surface area contributed by atoms with Gasteiger partial charge in [-0.1, -0.05) is 112 Å². The van der Waals surface area contributed by atoms with Crippen molar-refractivity contribution in [3.05, 3.63) is 168 Å². The van der Waals surface area contributed by atoms with Crippen LogP contribution in [0.2, 0.25) is 0 Å². The Morgan fingerprint density at radius 2 is 0.866 bits per heavy atom. The maximum absolute atomic E-state index is 10.7. The molecule has 1 heterocycles. The van der Waals surface area contributed by atoms with Gasteiger partial charge in [-0.3, -0.25) is 0 Å². The molecule has 0 bridgehead atoms. The van der Waals surface area contributed by atoms with E-state index in [1.807, 2.05) is 0 Å². The van der Waals surface area contributed by atoms with Crippen LogP contribution in [-0.4, -0.2) is 53.5 Å². The Bertz CT molecular complexity index is 2460. The first kappa shape index (κ1) is 50.6. The number of rotatable bonds is 18. The van der Waals surface area contributed by atoms with Crippen LogP contribution in [0, 0.1) is 0 Å². The summed E-state index contributed by atoms with van der Waals surface area (Å²) in [6.45, 7) is 10.7. The molecular weight excluding hydrogens is 900 g/mol. The van der Waals surface area contributed by atoms with Crippen molar-refractivity contribution in [1.82, 2.24) is 0 Å². The molecule has 0 spiro atoms.